The molecule has 2 aromatic rings. The number of rotatable bonds is 3. The molecule has 1 atom stereocenters. The van der Waals surface area contributed by atoms with Crippen LogP contribution in [0.4, 0.5) is 10.1 Å². The van der Waals surface area contributed by atoms with Gasteiger partial charge in [0.15, 0.2) is 0 Å². The second-order valence-corrected chi connectivity index (χ2v) is 5.74. The summed E-state index contributed by atoms with van der Waals surface area (Å²) >= 11 is 5.80. The van der Waals surface area contributed by atoms with Gasteiger partial charge in [0.1, 0.15) is 5.82 Å². The van der Waals surface area contributed by atoms with E-state index in [9.17, 15) is 9.18 Å². The Bertz CT molecular complexity index is 704. The summed E-state index contributed by atoms with van der Waals surface area (Å²) in [5.74, 6) is -0.500. The van der Waals surface area contributed by atoms with Crippen molar-refractivity contribution in [2.45, 2.75) is 19.4 Å². The summed E-state index contributed by atoms with van der Waals surface area (Å²) < 4.78 is 18.1. The van der Waals surface area contributed by atoms with E-state index in [0.29, 0.717) is 12.2 Å². The van der Waals surface area contributed by atoms with Crippen molar-refractivity contribution in [1.29, 1.82) is 0 Å². The summed E-state index contributed by atoms with van der Waals surface area (Å²) in [4.78, 5) is 14.1. The van der Waals surface area contributed by atoms with Crippen molar-refractivity contribution >= 4 is 23.2 Å². The molecule has 7 heteroatoms. The molecule has 0 bridgehead atoms. The Labute approximate surface area is 132 Å². The first-order chi connectivity index (χ1) is 10.5. The normalized spacial score (nSPS) is 17.8. The van der Waals surface area contributed by atoms with Gasteiger partial charge in [0.25, 0.3) is 5.91 Å². The van der Waals surface area contributed by atoms with Gasteiger partial charge in [-0.2, -0.15) is 0 Å². The Morgan fingerprint density at radius 2 is 2.32 bits per heavy atom. The minimum absolute atomic E-state index is 0.00161. The van der Waals surface area contributed by atoms with Crippen LogP contribution in [0, 0.1) is 12.7 Å². The lowest BCUT2D eigenvalue weighted by atomic mass is 10.2. The molecular weight excluding hydrogens is 309 g/mol. The van der Waals surface area contributed by atoms with E-state index >= 15 is 0 Å². The van der Waals surface area contributed by atoms with Crippen molar-refractivity contribution in [1.82, 2.24) is 10.5 Å². The third kappa shape index (κ3) is 3.06. The molecule has 22 heavy (non-hydrogen) atoms. The van der Waals surface area contributed by atoms with Crippen molar-refractivity contribution in [2.24, 2.45) is 0 Å². The fourth-order valence-electron chi connectivity index (χ4n) is 2.52. The Kier molecular flexibility index (Phi) is 4.02. The lowest BCUT2D eigenvalue weighted by Crippen LogP contribution is -2.36. The molecule has 0 radical (unpaired) electrons. The molecule has 1 aromatic heterocycles. The van der Waals surface area contributed by atoms with Gasteiger partial charge < -0.3 is 14.7 Å². The van der Waals surface area contributed by atoms with E-state index in [4.69, 9.17) is 16.1 Å². The van der Waals surface area contributed by atoms with Crippen molar-refractivity contribution in [3.05, 3.63) is 46.6 Å². The Morgan fingerprint density at radius 1 is 1.50 bits per heavy atom. The zero-order chi connectivity index (χ0) is 15.7. The second kappa shape index (κ2) is 5.96. The van der Waals surface area contributed by atoms with Gasteiger partial charge in [-0.3, -0.25) is 4.79 Å². The zero-order valence-electron chi connectivity index (χ0n) is 12.0. The molecule has 1 aromatic carbocycles. The molecule has 1 fully saturated rings. The van der Waals surface area contributed by atoms with Crippen molar-refractivity contribution in [2.75, 3.05) is 18.0 Å². The first-order valence-corrected chi connectivity index (χ1v) is 7.35. The van der Waals surface area contributed by atoms with Crippen LogP contribution in [-0.2, 0) is 0 Å². The molecule has 0 aliphatic carbocycles. The summed E-state index contributed by atoms with van der Waals surface area (Å²) in [5, 5.41) is 6.71. The Morgan fingerprint density at radius 3 is 3.00 bits per heavy atom. The highest BCUT2D eigenvalue weighted by atomic mass is 35.5. The standard InChI is InChI=1S/C15H15ClFN3O2/c1-9-6-14(22-19-9)15(21)18-10-4-5-20(8-10)11-2-3-13(17)12(16)7-11/h2-3,6-7,10H,4-5,8H2,1H3,(H,18,21)/t10-/m1/s1. The number of amides is 1. The smallest absolute Gasteiger partial charge is 0.290 e. The topological polar surface area (TPSA) is 58.4 Å². The number of nitrogens with one attached hydrogen (secondary N) is 1. The number of hydrogen-bond acceptors (Lipinski definition) is 4. The summed E-state index contributed by atoms with van der Waals surface area (Å²) in [6.07, 6.45) is 0.799. The minimum Gasteiger partial charge on any atom is -0.369 e. The Hall–Kier alpha value is -2.08. The molecule has 1 saturated heterocycles. The van der Waals surface area contributed by atoms with Gasteiger partial charge in [0.05, 0.1) is 10.7 Å². The molecule has 116 valence electrons. The number of aromatic nitrogens is 1. The Balaban J connectivity index is 1.62. The van der Waals surface area contributed by atoms with Gasteiger partial charge in [0.2, 0.25) is 5.76 Å². The van der Waals surface area contributed by atoms with Crippen LogP contribution in [0.2, 0.25) is 5.02 Å². The molecule has 0 saturated carbocycles. The lowest BCUT2D eigenvalue weighted by Gasteiger charge is -2.19. The molecule has 2 heterocycles. The molecule has 1 N–H and O–H groups in total. The van der Waals surface area contributed by atoms with Crippen molar-refractivity contribution < 1.29 is 13.7 Å². The zero-order valence-corrected chi connectivity index (χ0v) is 12.7. The van der Waals surface area contributed by atoms with Gasteiger partial charge in [0, 0.05) is 30.9 Å². The second-order valence-electron chi connectivity index (χ2n) is 5.34. The van der Waals surface area contributed by atoms with Crippen molar-refractivity contribution in [3.63, 3.8) is 0 Å². The number of carbonyl (C=O) groups excluding carboxylic acids is 1. The van der Waals surface area contributed by atoms with Gasteiger partial charge in [-0.1, -0.05) is 16.8 Å². The van der Waals surface area contributed by atoms with E-state index in [0.717, 1.165) is 18.7 Å². The summed E-state index contributed by atoms with van der Waals surface area (Å²) in [6, 6.07) is 6.23. The van der Waals surface area contributed by atoms with Crippen LogP contribution in [0.1, 0.15) is 22.7 Å². The highest BCUT2D eigenvalue weighted by Gasteiger charge is 2.26. The lowest BCUT2D eigenvalue weighted by molar-refractivity contribution is 0.0903. The van der Waals surface area contributed by atoms with Crippen LogP contribution in [-0.4, -0.2) is 30.2 Å². The number of nitrogens with zero attached hydrogens (tertiary/aromatic N) is 2. The van der Waals surface area contributed by atoms with E-state index < -0.39 is 5.82 Å². The maximum atomic E-state index is 13.2. The largest absolute Gasteiger partial charge is 0.369 e. The van der Waals surface area contributed by atoms with Crippen LogP contribution in [0.15, 0.2) is 28.8 Å². The van der Waals surface area contributed by atoms with E-state index in [-0.39, 0.29) is 22.7 Å². The van der Waals surface area contributed by atoms with Crippen LogP contribution >= 0.6 is 11.6 Å². The molecule has 1 aliphatic heterocycles. The number of benzene rings is 1. The van der Waals surface area contributed by atoms with E-state index in [2.05, 4.69) is 15.4 Å². The first kappa shape index (κ1) is 14.8. The van der Waals surface area contributed by atoms with Gasteiger partial charge in [-0.05, 0) is 31.5 Å². The number of halogens is 2. The number of carbonyl (C=O) groups is 1. The first-order valence-electron chi connectivity index (χ1n) is 6.97. The highest BCUT2D eigenvalue weighted by molar-refractivity contribution is 6.31. The third-order valence-corrected chi connectivity index (χ3v) is 3.93. The predicted molar refractivity (Wildman–Crippen MR) is 80.7 cm³/mol. The third-order valence-electron chi connectivity index (χ3n) is 3.64. The number of hydrogen-bond donors (Lipinski definition) is 1. The molecule has 0 spiro atoms. The molecule has 3 rings (SSSR count). The molecule has 1 amide bonds. The highest BCUT2D eigenvalue weighted by Crippen LogP contribution is 2.25. The fourth-order valence-corrected chi connectivity index (χ4v) is 2.70. The summed E-state index contributed by atoms with van der Waals surface area (Å²) in [7, 11) is 0. The monoisotopic (exact) mass is 323 g/mol. The maximum absolute atomic E-state index is 13.2. The summed E-state index contributed by atoms with van der Waals surface area (Å²) in [5.41, 5.74) is 1.51. The van der Waals surface area contributed by atoms with Crippen LogP contribution in [0.3, 0.4) is 0 Å². The SMILES string of the molecule is Cc1cc(C(=O)N[C@@H]2CCN(c3ccc(F)c(Cl)c3)C2)on1. The average Bonchev–Trinajstić information content (AvgIpc) is 3.11. The van der Waals surface area contributed by atoms with Crippen LogP contribution < -0.4 is 10.2 Å². The van der Waals surface area contributed by atoms with E-state index in [1.807, 2.05) is 0 Å². The number of anilines is 1. The maximum Gasteiger partial charge on any atom is 0.290 e. The van der Waals surface area contributed by atoms with Crippen LogP contribution in [0.25, 0.3) is 0 Å². The van der Waals surface area contributed by atoms with Gasteiger partial charge >= 0.3 is 0 Å². The minimum atomic E-state index is -0.435. The summed E-state index contributed by atoms with van der Waals surface area (Å²) in [6.45, 7) is 3.17. The molecule has 5 nitrogen and oxygen atoms in total. The fraction of sp³-hybridized carbons (Fsp3) is 0.333. The average molecular weight is 324 g/mol. The molecule has 0 unspecified atom stereocenters. The van der Waals surface area contributed by atoms with Gasteiger partial charge in [-0.15, -0.1) is 0 Å². The van der Waals surface area contributed by atoms with Crippen molar-refractivity contribution in [3.8, 4) is 0 Å². The molecular formula is C15H15ClFN3O2. The van der Waals surface area contributed by atoms with Gasteiger partial charge in [-0.25, -0.2) is 4.39 Å². The number of aryl methyl sites for hydroxylation is 1. The quantitative estimate of drug-likeness (QED) is 0.943. The van der Waals surface area contributed by atoms with E-state index in [1.54, 1.807) is 25.1 Å². The molecule has 1 aliphatic rings. The van der Waals surface area contributed by atoms with Crippen LogP contribution in [0.5, 0.6) is 0 Å². The van der Waals surface area contributed by atoms with E-state index in [1.165, 1.54) is 6.07 Å². The predicted octanol–water partition coefficient (Wildman–Crippen LogP) is 2.78.